The second-order valence-corrected chi connectivity index (χ2v) is 6.19. The highest BCUT2D eigenvalue weighted by molar-refractivity contribution is 6.21. The Morgan fingerprint density at radius 1 is 1.30 bits per heavy atom. The van der Waals surface area contributed by atoms with Crippen LogP contribution in [0.3, 0.4) is 0 Å². The minimum absolute atomic E-state index is 0.127. The van der Waals surface area contributed by atoms with Gasteiger partial charge in [0.2, 0.25) is 0 Å². The Morgan fingerprint density at radius 2 is 1.91 bits per heavy atom. The number of carbonyl (C=O) groups is 1. The molecule has 1 rings (SSSR count). The molecule has 0 spiro atoms. The van der Waals surface area contributed by atoms with Crippen LogP contribution in [0.4, 0.5) is 10.1 Å². The first-order chi connectivity index (χ1) is 10.8. The molecule has 0 aliphatic rings. The molecule has 5 heteroatoms. The maximum atomic E-state index is 13.8. The van der Waals surface area contributed by atoms with E-state index in [2.05, 4.69) is 31.1 Å². The van der Waals surface area contributed by atoms with Gasteiger partial charge < -0.3 is 11.1 Å². The molecule has 0 aromatic heterocycles. The smallest absolute Gasteiger partial charge is 0.367 e. The summed E-state index contributed by atoms with van der Waals surface area (Å²) in [5.74, 6) is -0.460. The quantitative estimate of drug-likeness (QED) is 0.555. The number of hydrogen-bond donors (Lipinski definition) is 3. The van der Waals surface area contributed by atoms with Gasteiger partial charge in [-0.2, -0.15) is 0 Å². The van der Waals surface area contributed by atoms with Gasteiger partial charge in [-0.1, -0.05) is 39.0 Å². The molecule has 0 bridgehead atoms. The molecule has 1 amide bonds. The van der Waals surface area contributed by atoms with E-state index in [1.165, 1.54) is 14.0 Å². The van der Waals surface area contributed by atoms with E-state index < -0.39 is 11.9 Å². The Labute approximate surface area is 137 Å². The lowest BCUT2D eigenvalue weighted by atomic mass is 9.91. The number of anilines is 1. The summed E-state index contributed by atoms with van der Waals surface area (Å²) < 4.78 is 13.8. The first-order valence-corrected chi connectivity index (χ1v) is 7.85. The van der Waals surface area contributed by atoms with Gasteiger partial charge in [-0.05, 0) is 36.8 Å². The standard InChI is InChI=1S/C18H26FN3O/c1-11(2)10-12(3)14-8-6-7-9-15(14)22-18(23)16(13(4)20)17(19)21-5/h6-9,11-12H,10,20H2,1-5H3,(H,22,23)/p+1. The van der Waals surface area contributed by atoms with Gasteiger partial charge >= 0.3 is 5.97 Å². The Bertz CT molecular complexity index is 616. The predicted molar refractivity (Wildman–Crippen MR) is 92.8 cm³/mol. The number of rotatable bonds is 6. The second-order valence-electron chi connectivity index (χ2n) is 6.19. The Hall–Kier alpha value is -2.17. The van der Waals surface area contributed by atoms with Crippen molar-refractivity contribution in [3.05, 3.63) is 41.1 Å². The van der Waals surface area contributed by atoms with Gasteiger partial charge in [0.05, 0.1) is 0 Å². The molecule has 1 aromatic carbocycles. The highest BCUT2D eigenvalue weighted by Gasteiger charge is 2.24. The van der Waals surface area contributed by atoms with E-state index in [0.29, 0.717) is 11.6 Å². The molecule has 1 unspecified atom stereocenters. The van der Waals surface area contributed by atoms with Crippen molar-refractivity contribution in [3.63, 3.8) is 0 Å². The number of benzene rings is 1. The largest absolute Gasteiger partial charge is 0.401 e. The molecule has 4 nitrogen and oxygen atoms in total. The van der Waals surface area contributed by atoms with Crippen molar-refractivity contribution in [2.24, 2.45) is 11.7 Å². The number of halogens is 1. The molecule has 0 radical (unpaired) electrons. The Morgan fingerprint density at radius 3 is 2.43 bits per heavy atom. The third-order valence-corrected chi connectivity index (χ3v) is 3.63. The van der Waals surface area contributed by atoms with Crippen molar-refractivity contribution in [3.8, 4) is 0 Å². The monoisotopic (exact) mass is 320 g/mol. The Balaban J connectivity index is 3.10. The van der Waals surface area contributed by atoms with E-state index in [0.717, 1.165) is 12.0 Å². The zero-order valence-electron chi connectivity index (χ0n) is 14.5. The van der Waals surface area contributed by atoms with E-state index in [-0.39, 0.29) is 17.2 Å². The van der Waals surface area contributed by atoms with Gasteiger partial charge in [0, 0.05) is 11.4 Å². The van der Waals surface area contributed by atoms with Crippen LogP contribution in [0.1, 0.15) is 45.6 Å². The van der Waals surface area contributed by atoms with Crippen LogP contribution < -0.4 is 16.0 Å². The minimum Gasteiger partial charge on any atom is -0.401 e. The zero-order valence-corrected chi connectivity index (χ0v) is 14.5. The molecule has 0 aliphatic heterocycles. The summed E-state index contributed by atoms with van der Waals surface area (Å²) in [5, 5.41) is 2.78. The third-order valence-electron chi connectivity index (χ3n) is 3.63. The van der Waals surface area contributed by atoms with Gasteiger partial charge in [0.15, 0.2) is 5.57 Å². The molecular formula is C18H27FN3O+. The second kappa shape index (κ2) is 8.46. The van der Waals surface area contributed by atoms with E-state index in [9.17, 15) is 9.18 Å². The molecule has 1 atom stereocenters. The fourth-order valence-corrected chi connectivity index (χ4v) is 2.64. The van der Waals surface area contributed by atoms with Crippen molar-refractivity contribution >= 4 is 17.6 Å². The molecular weight excluding hydrogens is 293 g/mol. The molecule has 0 saturated carbocycles. The lowest BCUT2D eigenvalue weighted by Crippen LogP contribution is -2.67. The summed E-state index contributed by atoms with van der Waals surface area (Å²) >= 11 is 0. The average Bonchev–Trinajstić information content (AvgIpc) is 2.46. The topological polar surface area (TPSA) is 69.1 Å². The van der Waals surface area contributed by atoms with Crippen LogP contribution in [0.25, 0.3) is 0 Å². The Kier molecular flexibility index (Phi) is 6.94. The van der Waals surface area contributed by atoms with Gasteiger partial charge in [-0.3, -0.25) is 4.79 Å². The summed E-state index contributed by atoms with van der Waals surface area (Å²) in [5.41, 5.74) is 7.33. The van der Waals surface area contributed by atoms with Crippen LogP contribution >= 0.6 is 0 Å². The lowest BCUT2D eigenvalue weighted by Gasteiger charge is -2.18. The highest BCUT2D eigenvalue weighted by Crippen LogP contribution is 2.29. The summed E-state index contributed by atoms with van der Waals surface area (Å²) in [6, 6.07) is 7.59. The number of nitrogens with two attached hydrogens (primary N) is 1. The first-order valence-electron chi connectivity index (χ1n) is 7.85. The number of carbonyl (C=O) groups excluding carboxylic acids is 1. The highest BCUT2D eigenvalue weighted by atomic mass is 19.1. The van der Waals surface area contributed by atoms with E-state index in [4.69, 9.17) is 5.73 Å². The zero-order chi connectivity index (χ0) is 17.6. The fourth-order valence-electron chi connectivity index (χ4n) is 2.64. The fraction of sp³-hybridized carbons (Fsp3) is 0.444. The summed E-state index contributed by atoms with van der Waals surface area (Å²) in [6.45, 7) is 7.94. The molecule has 0 fully saturated rings. The van der Waals surface area contributed by atoms with Crippen LogP contribution in [0, 0.1) is 5.92 Å². The summed E-state index contributed by atoms with van der Waals surface area (Å²) in [7, 11) is 1.41. The number of hydrogen-bond acceptors (Lipinski definition) is 2. The molecule has 1 aromatic rings. The van der Waals surface area contributed by atoms with Crippen molar-refractivity contribution in [2.75, 3.05) is 12.4 Å². The van der Waals surface area contributed by atoms with Crippen molar-refractivity contribution in [1.29, 1.82) is 0 Å². The van der Waals surface area contributed by atoms with E-state index >= 15 is 0 Å². The van der Waals surface area contributed by atoms with Gasteiger partial charge in [-0.25, -0.2) is 4.99 Å². The van der Waals surface area contributed by atoms with Crippen molar-refractivity contribution in [2.45, 2.75) is 40.0 Å². The van der Waals surface area contributed by atoms with E-state index in [1.54, 1.807) is 0 Å². The minimum atomic E-state index is -0.741. The maximum absolute atomic E-state index is 13.8. The third kappa shape index (κ3) is 5.20. The maximum Gasteiger partial charge on any atom is 0.367 e. The molecule has 0 saturated heterocycles. The van der Waals surface area contributed by atoms with Crippen LogP contribution in [0.5, 0.6) is 0 Å². The number of para-hydroxylation sites is 1. The normalized spacial score (nSPS) is 14.5. The molecule has 0 heterocycles. The van der Waals surface area contributed by atoms with Crippen LogP contribution in [-0.2, 0) is 4.79 Å². The predicted octanol–water partition coefficient (Wildman–Crippen LogP) is 2.09. The van der Waals surface area contributed by atoms with Crippen LogP contribution in [-0.4, -0.2) is 18.9 Å². The van der Waals surface area contributed by atoms with Gasteiger partial charge in [0.1, 0.15) is 7.05 Å². The molecule has 4 N–H and O–H groups in total. The number of nitrogens with one attached hydrogen (secondary N) is 2. The van der Waals surface area contributed by atoms with Gasteiger partial charge in [0.25, 0.3) is 5.91 Å². The average molecular weight is 320 g/mol. The number of amides is 1. The summed E-state index contributed by atoms with van der Waals surface area (Å²) in [6.07, 6.45) is 1.00. The van der Waals surface area contributed by atoms with Gasteiger partial charge in [-0.15, -0.1) is 4.39 Å². The molecule has 0 aliphatic carbocycles. The van der Waals surface area contributed by atoms with Crippen molar-refractivity contribution in [1.82, 2.24) is 0 Å². The SMILES string of the molecule is C[NH+]=C(F)C(C(=O)Nc1ccccc1C(C)CC(C)C)=C(C)N. The van der Waals surface area contributed by atoms with Crippen LogP contribution in [0.15, 0.2) is 35.5 Å². The molecule has 126 valence electrons. The van der Waals surface area contributed by atoms with Crippen LogP contribution in [0.2, 0.25) is 0 Å². The first kappa shape index (κ1) is 18.9. The number of allylic oxidation sites excluding steroid dienone is 1. The van der Waals surface area contributed by atoms with Crippen molar-refractivity contribution < 1.29 is 14.2 Å². The lowest BCUT2D eigenvalue weighted by molar-refractivity contribution is -0.425. The summed E-state index contributed by atoms with van der Waals surface area (Å²) in [4.78, 5) is 14.7. The van der Waals surface area contributed by atoms with E-state index in [1.807, 2.05) is 24.3 Å². The molecule has 23 heavy (non-hydrogen) atoms.